The van der Waals surface area contributed by atoms with Crippen LogP contribution >= 0.6 is 34.4 Å². The van der Waals surface area contributed by atoms with E-state index in [4.69, 9.17) is 5.10 Å². The molecule has 2 aliphatic carbocycles. The summed E-state index contributed by atoms with van der Waals surface area (Å²) in [5, 5.41) is 20.4. The Labute approximate surface area is 205 Å². The molecule has 1 aliphatic heterocycles. The molecule has 4 heterocycles. The molecular weight excluding hydrogens is 470 g/mol. The monoisotopic (exact) mass is 495 g/mol. The molecule has 6 rings (SSSR count). The number of thioether (sulfide) groups is 1. The third kappa shape index (κ3) is 4.11. The maximum atomic E-state index is 13.5. The summed E-state index contributed by atoms with van der Waals surface area (Å²) < 4.78 is 2.19. The maximum Gasteiger partial charge on any atom is 0.253 e. The van der Waals surface area contributed by atoms with Crippen molar-refractivity contribution in [2.24, 2.45) is 11.0 Å². The first-order valence-electron chi connectivity index (χ1n) is 11.4. The first-order chi connectivity index (χ1) is 16.2. The number of carbonyl (C=O) groups is 1. The van der Waals surface area contributed by atoms with E-state index >= 15 is 0 Å². The highest BCUT2D eigenvalue weighted by Gasteiger charge is 2.44. The first-order valence-corrected chi connectivity index (χ1v) is 14.2. The van der Waals surface area contributed by atoms with Crippen LogP contribution in [0.2, 0.25) is 0 Å². The standard InChI is InChI=1S/C24H25N5OS3/c1-15-25-26-24(28(15)17-9-10-17)33-14-21(30)29-23(20-8-4-12-32-20)19-7-2-5-16(22(19)27-29)13-18-6-3-11-31-18/h3-4,6,8,11-13,17,19,23H,2,5,7,9-10,14H2,1H3/b16-13+. The molecule has 2 fully saturated rings. The lowest BCUT2D eigenvalue weighted by Crippen LogP contribution is -2.32. The molecule has 3 aromatic heterocycles. The molecule has 0 bridgehead atoms. The highest BCUT2D eigenvalue weighted by Crippen LogP contribution is 2.46. The van der Waals surface area contributed by atoms with Crippen molar-refractivity contribution in [3.63, 3.8) is 0 Å². The second-order valence-electron chi connectivity index (χ2n) is 8.79. The Kier molecular flexibility index (Phi) is 5.72. The third-order valence-electron chi connectivity index (χ3n) is 6.52. The third-order valence-corrected chi connectivity index (χ3v) is 9.21. The lowest BCUT2D eigenvalue weighted by Gasteiger charge is -2.28. The number of aromatic nitrogens is 3. The van der Waals surface area contributed by atoms with Crippen LogP contribution in [0.5, 0.6) is 0 Å². The zero-order chi connectivity index (χ0) is 22.4. The summed E-state index contributed by atoms with van der Waals surface area (Å²) in [6.07, 6.45) is 7.82. The summed E-state index contributed by atoms with van der Waals surface area (Å²) in [4.78, 5) is 16.0. The summed E-state index contributed by atoms with van der Waals surface area (Å²) >= 11 is 4.95. The Morgan fingerprint density at radius 2 is 2.03 bits per heavy atom. The van der Waals surface area contributed by atoms with Crippen molar-refractivity contribution < 1.29 is 4.79 Å². The SMILES string of the molecule is Cc1nnc(SCC(=O)N2N=C3/C(=C/c4cccs4)CCCC3C2c2cccs2)n1C1CC1. The molecular formula is C24H25N5OS3. The quantitative estimate of drug-likeness (QED) is 0.396. The second-order valence-corrected chi connectivity index (χ2v) is 11.7. The van der Waals surface area contributed by atoms with Crippen LogP contribution in [-0.2, 0) is 4.79 Å². The van der Waals surface area contributed by atoms with Crippen LogP contribution in [0.4, 0.5) is 0 Å². The predicted molar refractivity (Wildman–Crippen MR) is 135 cm³/mol. The summed E-state index contributed by atoms with van der Waals surface area (Å²) in [6.45, 7) is 1.99. The smallest absolute Gasteiger partial charge is 0.253 e. The second kappa shape index (κ2) is 8.85. The molecule has 0 saturated heterocycles. The van der Waals surface area contributed by atoms with E-state index < -0.39 is 0 Å². The molecule has 170 valence electrons. The molecule has 3 aliphatic rings. The van der Waals surface area contributed by atoms with Gasteiger partial charge in [0.05, 0.1) is 17.5 Å². The lowest BCUT2D eigenvalue weighted by atomic mass is 9.79. The van der Waals surface area contributed by atoms with E-state index in [2.05, 4.69) is 55.9 Å². The van der Waals surface area contributed by atoms with E-state index in [1.54, 1.807) is 27.7 Å². The molecule has 2 atom stereocenters. The molecule has 33 heavy (non-hydrogen) atoms. The fraction of sp³-hybridized carbons (Fsp3) is 0.417. The number of amides is 1. The van der Waals surface area contributed by atoms with Crippen molar-refractivity contribution in [1.82, 2.24) is 19.8 Å². The summed E-state index contributed by atoms with van der Waals surface area (Å²) in [5.74, 6) is 1.55. The van der Waals surface area contributed by atoms with Gasteiger partial charge < -0.3 is 4.57 Å². The highest BCUT2D eigenvalue weighted by molar-refractivity contribution is 7.99. The Morgan fingerprint density at radius 3 is 2.79 bits per heavy atom. The van der Waals surface area contributed by atoms with Crippen molar-refractivity contribution in [1.29, 1.82) is 0 Å². The van der Waals surface area contributed by atoms with Gasteiger partial charge in [0.1, 0.15) is 5.82 Å². The van der Waals surface area contributed by atoms with E-state index in [9.17, 15) is 4.79 Å². The molecule has 0 radical (unpaired) electrons. The fourth-order valence-electron chi connectivity index (χ4n) is 4.88. The summed E-state index contributed by atoms with van der Waals surface area (Å²) in [6, 6.07) is 8.93. The maximum absolute atomic E-state index is 13.5. The number of hydrogen-bond donors (Lipinski definition) is 0. The molecule has 2 saturated carbocycles. The number of allylic oxidation sites excluding steroid dienone is 1. The van der Waals surface area contributed by atoms with Gasteiger partial charge in [-0.15, -0.1) is 32.9 Å². The van der Waals surface area contributed by atoms with Gasteiger partial charge in [-0.05, 0) is 73.6 Å². The minimum absolute atomic E-state index is 0.0110. The normalized spacial score (nSPS) is 23.7. The molecule has 0 N–H and O–H groups in total. The number of hydrazone groups is 1. The van der Waals surface area contributed by atoms with Gasteiger partial charge in [0.2, 0.25) is 0 Å². The van der Waals surface area contributed by atoms with E-state index in [0.717, 1.165) is 36.0 Å². The Hall–Kier alpha value is -2.23. The van der Waals surface area contributed by atoms with Crippen LogP contribution in [0.15, 0.2) is 50.9 Å². The van der Waals surface area contributed by atoms with Gasteiger partial charge in [-0.25, -0.2) is 5.01 Å². The number of rotatable bonds is 6. The average molecular weight is 496 g/mol. The van der Waals surface area contributed by atoms with Gasteiger partial charge in [-0.2, -0.15) is 5.10 Å². The zero-order valence-electron chi connectivity index (χ0n) is 18.4. The molecule has 0 spiro atoms. The van der Waals surface area contributed by atoms with Gasteiger partial charge in [0, 0.05) is 21.7 Å². The van der Waals surface area contributed by atoms with E-state index in [0.29, 0.717) is 11.8 Å². The number of hydrogen-bond acceptors (Lipinski definition) is 7. The predicted octanol–water partition coefficient (Wildman–Crippen LogP) is 5.96. The van der Waals surface area contributed by atoms with Gasteiger partial charge in [-0.3, -0.25) is 4.79 Å². The van der Waals surface area contributed by atoms with Crippen molar-refractivity contribution in [3.05, 3.63) is 56.2 Å². The Morgan fingerprint density at radius 1 is 1.18 bits per heavy atom. The molecule has 3 aromatic rings. The number of aryl methyl sites for hydroxylation is 1. The van der Waals surface area contributed by atoms with Gasteiger partial charge >= 0.3 is 0 Å². The summed E-state index contributed by atoms with van der Waals surface area (Å²) in [5.41, 5.74) is 2.38. The van der Waals surface area contributed by atoms with E-state index in [1.165, 1.54) is 39.9 Å². The molecule has 1 amide bonds. The first kappa shape index (κ1) is 21.3. The van der Waals surface area contributed by atoms with Crippen LogP contribution in [0.25, 0.3) is 6.08 Å². The summed E-state index contributed by atoms with van der Waals surface area (Å²) in [7, 11) is 0. The topological polar surface area (TPSA) is 63.4 Å². The average Bonchev–Trinajstić information content (AvgIpc) is 3.26. The minimum atomic E-state index is -0.0110. The molecule has 9 heteroatoms. The molecule has 2 unspecified atom stereocenters. The van der Waals surface area contributed by atoms with E-state index in [1.807, 2.05) is 6.92 Å². The number of fused-ring (bicyclic) bond motifs is 1. The van der Waals surface area contributed by atoms with Crippen molar-refractivity contribution in [3.8, 4) is 0 Å². The zero-order valence-corrected chi connectivity index (χ0v) is 20.8. The van der Waals surface area contributed by atoms with Crippen molar-refractivity contribution in [2.45, 2.75) is 56.3 Å². The minimum Gasteiger partial charge on any atom is -0.303 e. The molecule has 6 nitrogen and oxygen atoms in total. The van der Waals surface area contributed by atoms with Crippen LogP contribution in [0.3, 0.4) is 0 Å². The fourth-order valence-corrected chi connectivity index (χ4v) is 7.34. The number of nitrogens with zero attached hydrogens (tertiary/aromatic N) is 5. The van der Waals surface area contributed by atoms with Crippen LogP contribution in [0, 0.1) is 12.8 Å². The lowest BCUT2D eigenvalue weighted by molar-refractivity contribution is -0.130. The number of thiophene rings is 2. The van der Waals surface area contributed by atoms with Crippen molar-refractivity contribution >= 4 is 52.1 Å². The Balaban J connectivity index is 1.28. The largest absolute Gasteiger partial charge is 0.303 e. The molecule has 0 aromatic carbocycles. The van der Waals surface area contributed by atoms with Crippen LogP contribution in [-0.4, -0.2) is 37.1 Å². The van der Waals surface area contributed by atoms with Gasteiger partial charge in [0.15, 0.2) is 5.16 Å². The van der Waals surface area contributed by atoms with Crippen LogP contribution < -0.4 is 0 Å². The van der Waals surface area contributed by atoms with Gasteiger partial charge in [-0.1, -0.05) is 23.9 Å². The van der Waals surface area contributed by atoms with Gasteiger partial charge in [0.25, 0.3) is 5.91 Å². The van der Waals surface area contributed by atoms with E-state index in [-0.39, 0.29) is 17.9 Å². The highest BCUT2D eigenvalue weighted by atomic mass is 32.2. The van der Waals surface area contributed by atoms with Crippen molar-refractivity contribution in [2.75, 3.05) is 5.75 Å². The number of carbonyl (C=O) groups excluding carboxylic acids is 1. The van der Waals surface area contributed by atoms with Crippen LogP contribution in [0.1, 0.15) is 59.8 Å². The Bertz CT molecular complexity index is 1210.